The van der Waals surface area contributed by atoms with Crippen LogP contribution < -0.4 is 46.1 Å². The molecule has 11 heteroatoms. The second kappa shape index (κ2) is 23.2. The van der Waals surface area contributed by atoms with Crippen LogP contribution in [0.15, 0.2) is 0 Å². The third-order valence-electron chi connectivity index (χ3n) is 0. The first-order valence-electron chi connectivity index (χ1n) is 0.617. The van der Waals surface area contributed by atoms with E-state index in [1.807, 2.05) is 0 Å². The Labute approximate surface area is 132 Å². The normalized spacial score (nSPS) is 5.27. The molecule has 4 nitrogen and oxygen atoms in total. The molecule has 0 aromatic carbocycles. The van der Waals surface area contributed by atoms with Crippen molar-refractivity contribution in [3.05, 3.63) is 0 Å². The first-order chi connectivity index (χ1) is 2.00. The molecule has 0 heterocycles. The van der Waals surface area contributed by atoms with E-state index in [4.69, 9.17) is 16.0 Å². The van der Waals surface area contributed by atoms with Gasteiger partial charge in [0.25, 0.3) is 0 Å². The molecule has 0 rings (SSSR count). The summed E-state index contributed by atoms with van der Waals surface area (Å²) in [4.78, 5) is 0. The van der Waals surface area contributed by atoms with Crippen molar-refractivity contribution in [1.29, 1.82) is 0 Å². The van der Waals surface area contributed by atoms with Gasteiger partial charge in [-0.15, -0.1) is 0 Å². The SMILES string of the molecule is [Co].[Co].[Li+].[Li+].[Ni].[Ni].[O]=[Mn](=[O])([O-])[O-]. The van der Waals surface area contributed by atoms with Crippen molar-refractivity contribution in [2.24, 2.45) is 0 Å². The molecule has 71 valence electrons. The molecular weight excluding hydrogens is 368 g/mol. The summed E-state index contributed by atoms with van der Waals surface area (Å²) in [6.45, 7) is 0. The topological polar surface area (TPSA) is 80.3 Å². The fourth-order valence-electron chi connectivity index (χ4n) is 0. The van der Waals surface area contributed by atoms with E-state index in [2.05, 4.69) is 0 Å². The van der Waals surface area contributed by atoms with Crippen molar-refractivity contribution < 1.29 is 134 Å². The van der Waals surface area contributed by atoms with Crippen molar-refractivity contribution >= 4 is 0 Å². The summed E-state index contributed by atoms with van der Waals surface area (Å²) in [5, 5.41) is 0. The summed E-state index contributed by atoms with van der Waals surface area (Å²) >= 11 is -5.62. The van der Waals surface area contributed by atoms with Crippen LogP contribution in [-0.2, 0) is 87.6 Å². The van der Waals surface area contributed by atoms with Gasteiger partial charge < -0.3 is 0 Å². The van der Waals surface area contributed by atoms with Gasteiger partial charge in [-0.25, -0.2) is 0 Å². The quantitative estimate of drug-likeness (QED) is 0.398. The molecule has 0 saturated carbocycles. The summed E-state index contributed by atoms with van der Waals surface area (Å²) in [5.74, 6) is 0. The molecule has 0 bridgehead atoms. The molecule has 0 N–H and O–H groups in total. The predicted octanol–water partition coefficient (Wildman–Crippen LogP) is -8.62. The Morgan fingerprint density at radius 3 is 0.818 bits per heavy atom. The van der Waals surface area contributed by atoms with Gasteiger partial charge in [0.15, 0.2) is 0 Å². The van der Waals surface area contributed by atoms with E-state index in [1.165, 1.54) is 0 Å². The molecule has 0 aliphatic rings. The molecule has 0 fully saturated rings. The molecule has 0 unspecified atom stereocenters. The molecular formula is Co2Li2MnNi2O4. The van der Waals surface area contributed by atoms with Crippen LogP contribution in [0.1, 0.15) is 0 Å². The van der Waals surface area contributed by atoms with Gasteiger partial charge in [0.2, 0.25) is 0 Å². The van der Waals surface area contributed by atoms with Crippen LogP contribution in [-0.4, -0.2) is 0 Å². The third-order valence-corrected chi connectivity index (χ3v) is 0. The second-order valence-electron chi connectivity index (χ2n) is 0.378. The van der Waals surface area contributed by atoms with Gasteiger partial charge in [0.1, 0.15) is 0 Å². The summed E-state index contributed by atoms with van der Waals surface area (Å²) in [7, 11) is 0. The zero-order valence-corrected chi connectivity index (χ0v) is 10.5. The molecule has 0 amide bonds. The Kier molecular flexibility index (Phi) is 101. The standard InChI is InChI=1S/2Co.2Li.Mn.2Ni.4O/q;;2*+1;;;;;;2*-1. The molecule has 2 radical (unpaired) electrons. The van der Waals surface area contributed by atoms with Gasteiger partial charge in [-0.2, -0.15) is 0 Å². The molecule has 0 saturated heterocycles. The Morgan fingerprint density at radius 2 is 0.818 bits per heavy atom. The van der Waals surface area contributed by atoms with Crippen molar-refractivity contribution in [3.63, 3.8) is 0 Å². The monoisotopic (exact) mass is 367 g/mol. The number of hydrogen-bond acceptors (Lipinski definition) is 4. The van der Waals surface area contributed by atoms with Crippen LogP contribution in [0.5, 0.6) is 0 Å². The Hall–Kier alpha value is 3.23. The first-order valence-corrected chi connectivity index (χ1v) is 2.54. The number of rotatable bonds is 0. The van der Waals surface area contributed by atoms with Gasteiger partial charge in [-0.3, -0.25) is 0 Å². The van der Waals surface area contributed by atoms with E-state index in [0.29, 0.717) is 0 Å². The molecule has 0 aromatic rings. The molecule has 0 aromatic heterocycles. The zero-order valence-electron chi connectivity index (χ0n) is 5.31. The summed E-state index contributed by atoms with van der Waals surface area (Å²) in [5.41, 5.74) is 0. The van der Waals surface area contributed by atoms with Crippen molar-refractivity contribution in [2.75, 3.05) is 0 Å². The van der Waals surface area contributed by atoms with E-state index in [0.717, 1.165) is 0 Å². The van der Waals surface area contributed by atoms with E-state index in [1.54, 1.807) is 0 Å². The second-order valence-corrected chi connectivity index (χ2v) is 1.56. The van der Waals surface area contributed by atoms with Crippen molar-refractivity contribution in [3.8, 4) is 0 Å². The maximum absolute atomic E-state index is 8.58. The summed E-state index contributed by atoms with van der Waals surface area (Å²) < 4.78 is 34.3. The molecule has 0 aliphatic heterocycles. The van der Waals surface area contributed by atoms with Crippen LogP contribution in [0.25, 0.3) is 0 Å². The Balaban J connectivity index is -0.00000000533. The fraction of sp³-hybridized carbons (Fsp3) is 0. The minimum absolute atomic E-state index is 0. The first kappa shape index (κ1) is 47.6. The van der Waals surface area contributed by atoms with Crippen LogP contribution >= 0.6 is 0 Å². The molecule has 0 atom stereocenters. The maximum atomic E-state index is 8.58. The van der Waals surface area contributed by atoms with Crippen LogP contribution in [0, 0.1) is 0 Å². The van der Waals surface area contributed by atoms with Gasteiger partial charge in [-0.1, -0.05) is 0 Å². The zero-order chi connectivity index (χ0) is 4.50. The summed E-state index contributed by atoms with van der Waals surface area (Å²) in [6.07, 6.45) is 0. The van der Waals surface area contributed by atoms with Crippen molar-refractivity contribution in [1.82, 2.24) is 0 Å². The van der Waals surface area contributed by atoms with E-state index in [9.17, 15) is 0 Å². The average molecular weight is 368 g/mol. The van der Waals surface area contributed by atoms with Gasteiger partial charge in [-0.05, 0) is 0 Å². The molecule has 0 aliphatic carbocycles. The van der Waals surface area contributed by atoms with E-state index in [-0.39, 0.29) is 104 Å². The van der Waals surface area contributed by atoms with Crippen LogP contribution in [0.4, 0.5) is 0 Å². The predicted molar refractivity (Wildman–Crippen MR) is 1.37 cm³/mol. The third kappa shape index (κ3) is 160. The van der Waals surface area contributed by atoms with Crippen LogP contribution in [0.2, 0.25) is 0 Å². The molecule has 11 heavy (non-hydrogen) atoms. The number of hydrogen-bond donors (Lipinski definition) is 0. The van der Waals surface area contributed by atoms with Gasteiger partial charge >= 0.3 is 67.1 Å². The Morgan fingerprint density at radius 1 is 0.818 bits per heavy atom. The van der Waals surface area contributed by atoms with E-state index < -0.39 is 13.4 Å². The fourth-order valence-corrected chi connectivity index (χ4v) is 0. The average Bonchev–Trinajstić information content (AvgIpc) is 0.722. The van der Waals surface area contributed by atoms with Crippen LogP contribution in [0.3, 0.4) is 0 Å². The Bertz CT molecular complexity index is 107. The van der Waals surface area contributed by atoms with Gasteiger partial charge in [0.05, 0.1) is 0 Å². The van der Waals surface area contributed by atoms with E-state index >= 15 is 0 Å². The minimum atomic E-state index is -5.62. The van der Waals surface area contributed by atoms with Crippen molar-refractivity contribution in [2.45, 2.75) is 0 Å². The molecule has 0 spiro atoms. The summed E-state index contributed by atoms with van der Waals surface area (Å²) in [6, 6.07) is 0. The van der Waals surface area contributed by atoms with Gasteiger partial charge in [0, 0.05) is 66.5 Å².